The first kappa shape index (κ1) is 17.5. The Labute approximate surface area is 165 Å². The number of hydrogen-bond acceptors (Lipinski definition) is 3. The number of thiocarbonyl (C=S) groups is 1. The number of hydrogen-bond donors (Lipinski definition) is 0. The number of pyridine rings is 1. The van der Waals surface area contributed by atoms with Crippen molar-refractivity contribution in [1.82, 2.24) is 9.88 Å². The molecule has 0 amide bonds. The SMILES string of the molecule is CC(=C=S)N1CCC(=C2c3ccc(Cl)cc3CCc3cccnc32)CC1. The van der Waals surface area contributed by atoms with E-state index in [0.29, 0.717) is 0 Å². The summed E-state index contributed by atoms with van der Waals surface area (Å²) in [7, 11) is 0. The first-order chi connectivity index (χ1) is 12.7. The third-order valence-corrected chi connectivity index (χ3v) is 6.00. The van der Waals surface area contributed by atoms with E-state index in [0.717, 1.165) is 55.2 Å². The average Bonchev–Trinajstić information content (AvgIpc) is 2.84. The minimum Gasteiger partial charge on any atom is -0.367 e. The highest BCUT2D eigenvalue weighted by atomic mass is 35.5. The van der Waals surface area contributed by atoms with Crippen molar-refractivity contribution in [2.45, 2.75) is 32.6 Å². The molecule has 26 heavy (non-hydrogen) atoms. The van der Waals surface area contributed by atoms with Crippen molar-refractivity contribution in [2.24, 2.45) is 0 Å². The van der Waals surface area contributed by atoms with E-state index >= 15 is 0 Å². The lowest BCUT2D eigenvalue weighted by molar-refractivity contribution is 0.327. The molecule has 0 atom stereocenters. The molecule has 0 N–H and O–H groups in total. The minimum atomic E-state index is 0.809. The summed E-state index contributed by atoms with van der Waals surface area (Å²) in [5.41, 5.74) is 9.00. The quantitative estimate of drug-likeness (QED) is 0.630. The van der Waals surface area contributed by atoms with Gasteiger partial charge in [0.05, 0.1) is 11.4 Å². The van der Waals surface area contributed by atoms with Crippen molar-refractivity contribution in [2.75, 3.05) is 13.1 Å². The van der Waals surface area contributed by atoms with Crippen LogP contribution in [-0.2, 0) is 12.8 Å². The Bertz CT molecular complexity index is 931. The van der Waals surface area contributed by atoms with Crippen LogP contribution in [0.3, 0.4) is 0 Å². The maximum atomic E-state index is 6.29. The number of benzene rings is 1. The third kappa shape index (κ3) is 3.23. The van der Waals surface area contributed by atoms with E-state index in [9.17, 15) is 0 Å². The van der Waals surface area contributed by atoms with Crippen LogP contribution in [0.4, 0.5) is 0 Å². The van der Waals surface area contributed by atoms with Gasteiger partial charge in [0, 0.05) is 29.9 Å². The molecule has 2 aliphatic rings. The highest BCUT2D eigenvalue weighted by molar-refractivity contribution is 7.78. The summed E-state index contributed by atoms with van der Waals surface area (Å²) in [6, 6.07) is 10.6. The largest absolute Gasteiger partial charge is 0.367 e. The molecule has 2 nitrogen and oxygen atoms in total. The van der Waals surface area contributed by atoms with Gasteiger partial charge in [-0.25, -0.2) is 0 Å². The van der Waals surface area contributed by atoms with Crippen LogP contribution in [0.15, 0.2) is 47.8 Å². The first-order valence-electron chi connectivity index (χ1n) is 9.09. The predicted octanol–water partition coefficient (Wildman–Crippen LogP) is 5.23. The summed E-state index contributed by atoms with van der Waals surface area (Å²) in [6.07, 6.45) is 5.98. The minimum absolute atomic E-state index is 0.809. The van der Waals surface area contributed by atoms with Gasteiger partial charge in [-0.15, -0.1) is 0 Å². The lowest BCUT2D eigenvalue weighted by atomic mass is 9.88. The lowest BCUT2D eigenvalue weighted by Crippen LogP contribution is -2.29. The van der Waals surface area contributed by atoms with Gasteiger partial charge in [-0.05, 0) is 84.7 Å². The molecule has 2 heterocycles. The first-order valence-corrected chi connectivity index (χ1v) is 9.87. The zero-order valence-electron chi connectivity index (χ0n) is 14.9. The van der Waals surface area contributed by atoms with Crippen LogP contribution >= 0.6 is 23.8 Å². The van der Waals surface area contributed by atoms with Crippen molar-refractivity contribution in [3.63, 3.8) is 0 Å². The fourth-order valence-electron chi connectivity index (χ4n) is 4.06. The van der Waals surface area contributed by atoms with Crippen molar-refractivity contribution < 1.29 is 0 Å². The van der Waals surface area contributed by atoms with Crippen molar-refractivity contribution in [3.05, 3.63) is 75.2 Å². The number of fused-ring (bicyclic) bond motifs is 2. The summed E-state index contributed by atoms with van der Waals surface area (Å²) in [5.74, 6) is 0. The average molecular weight is 381 g/mol. The van der Waals surface area contributed by atoms with E-state index < -0.39 is 0 Å². The van der Waals surface area contributed by atoms with E-state index in [2.05, 4.69) is 28.1 Å². The number of piperidine rings is 1. The Hall–Kier alpha value is -1.93. The number of aryl methyl sites for hydroxylation is 2. The summed E-state index contributed by atoms with van der Waals surface area (Å²) in [5, 5.41) is 3.67. The molecule has 0 saturated carbocycles. The normalized spacial score (nSPS) is 16.5. The van der Waals surface area contributed by atoms with E-state index in [1.54, 1.807) is 0 Å². The molecule has 0 radical (unpaired) electrons. The molecule has 132 valence electrons. The van der Waals surface area contributed by atoms with Crippen LogP contribution in [0.25, 0.3) is 5.57 Å². The lowest BCUT2D eigenvalue weighted by Gasteiger charge is -2.31. The van der Waals surface area contributed by atoms with Gasteiger partial charge >= 0.3 is 0 Å². The van der Waals surface area contributed by atoms with Gasteiger partial charge in [-0.3, -0.25) is 4.98 Å². The molecule has 1 aromatic heterocycles. The van der Waals surface area contributed by atoms with Gasteiger partial charge in [0.1, 0.15) is 0 Å². The van der Waals surface area contributed by atoms with E-state index in [1.807, 2.05) is 25.3 Å². The molecule has 1 aromatic carbocycles. The summed E-state index contributed by atoms with van der Waals surface area (Å²) in [6.45, 7) is 4.02. The molecule has 1 saturated heterocycles. The Kier molecular flexibility index (Phi) is 4.95. The molecule has 1 aliphatic carbocycles. The molecule has 0 unspecified atom stereocenters. The molecule has 2 aromatic rings. The Morgan fingerprint density at radius 3 is 2.65 bits per heavy atom. The van der Waals surface area contributed by atoms with Crippen LogP contribution in [0.5, 0.6) is 0 Å². The molecule has 1 fully saturated rings. The smallest absolute Gasteiger partial charge is 0.0739 e. The molecular formula is C22H21ClN2S. The second-order valence-electron chi connectivity index (χ2n) is 6.97. The summed E-state index contributed by atoms with van der Waals surface area (Å²) in [4.78, 5) is 7.12. The zero-order chi connectivity index (χ0) is 18.1. The molecular weight excluding hydrogens is 360 g/mol. The van der Waals surface area contributed by atoms with Crippen LogP contribution in [0, 0.1) is 0 Å². The van der Waals surface area contributed by atoms with Crippen LogP contribution in [0.2, 0.25) is 5.02 Å². The van der Waals surface area contributed by atoms with Gasteiger partial charge < -0.3 is 4.90 Å². The summed E-state index contributed by atoms with van der Waals surface area (Å²) < 4.78 is 0. The Morgan fingerprint density at radius 2 is 1.88 bits per heavy atom. The maximum Gasteiger partial charge on any atom is 0.0739 e. The van der Waals surface area contributed by atoms with Crippen molar-refractivity contribution in [3.8, 4) is 0 Å². The van der Waals surface area contributed by atoms with Gasteiger partial charge in [-0.2, -0.15) is 0 Å². The number of allylic oxidation sites excluding steroid dienone is 1. The highest BCUT2D eigenvalue weighted by Crippen LogP contribution is 2.38. The molecule has 1 aliphatic heterocycles. The fourth-order valence-corrected chi connectivity index (χ4v) is 4.38. The highest BCUT2D eigenvalue weighted by Gasteiger charge is 2.25. The second-order valence-corrected chi connectivity index (χ2v) is 7.61. The number of halogens is 1. The van der Waals surface area contributed by atoms with Gasteiger partial charge in [0.15, 0.2) is 0 Å². The van der Waals surface area contributed by atoms with E-state index in [1.165, 1.54) is 27.8 Å². The number of nitrogens with zero attached hydrogens (tertiary/aromatic N) is 2. The van der Waals surface area contributed by atoms with Crippen molar-refractivity contribution >= 4 is 34.4 Å². The molecule has 0 spiro atoms. The maximum absolute atomic E-state index is 6.29. The molecule has 4 heteroatoms. The Morgan fingerprint density at radius 1 is 1.12 bits per heavy atom. The van der Waals surface area contributed by atoms with Gasteiger partial charge in [0.25, 0.3) is 0 Å². The van der Waals surface area contributed by atoms with Crippen LogP contribution in [-0.4, -0.2) is 28.0 Å². The monoisotopic (exact) mass is 380 g/mol. The fraction of sp³-hybridized carbons (Fsp3) is 0.318. The van der Waals surface area contributed by atoms with E-state index in [-0.39, 0.29) is 0 Å². The molecule has 4 rings (SSSR count). The zero-order valence-corrected chi connectivity index (χ0v) is 16.5. The van der Waals surface area contributed by atoms with Crippen LogP contribution in [0.1, 0.15) is 42.1 Å². The number of aromatic nitrogens is 1. The topological polar surface area (TPSA) is 16.1 Å². The number of likely N-dealkylation sites (tertiary alicyclic amines) is 1. The third-order valence-electron chi connectivity index (χ3n) is 5.47. The predicted molar refractivity (Wildman–Crippen MR) is 112 cm³/mol. The molecule has 0 bridgehead atoms. The number of rotatable bonds is 1. The van der Waals surface area contributed by atoms with Crippen LogP contribution < -0.4 is 0 Å². The van der Waals surface area contributed by atoms with E-state index in [4.69, 9.17) is 28.8 Å². The van der Waals surface area contributed by atoms with Gasteiger partial charge in [0.2, 0.25) is 0 Å². The second kappa shape index (κ2) is 7.36. The van der Waals surface area contributed by atoms with Crippen molar-refractivity contribution in [1.29, 1.82) is 0 Å². The summed E-state index contributed by atoms with van der Waals surface area (Å²) >= 11 is 11.3. The Balaban J connectivity index is 1.83. The van der Waals surface area contributed by atoms with Gasteiger partial charge in [-0.1, -0.05) is 29.3 Å². The standard InChI is InChI=1S/C22H21ClN2S/c1-15(14-26)25-11-8-16(9-12-25)21-20-7-6-19(23)13-18(20)5-4-17-3-2-10-24-22(17)21/h2-3,6-7,10,13H,4-5,8-9,11-12H2,1H3.